The Morgan fingerprint density at radius 3 is 2.52 bits per heavy atom. The van der Waals surface area contributed by atoms with Crippen molar-refractivity contribution in [2.75, 3.05) is 0 Å². The largest absolute Gasteiger partial charge is 0.369 e. The number of primary amides is 1. The van der Waals surface area contributed by atoms with Crippen LogP contribution in [-0.2, 0) is 4.79 Å². The van der Waals surface area contributed by atoms with Gasteiger partial charge < -0.3 is 5.73 Å². The highest BCUT2D eigenvalue weighted by molar-refractivity contribution is 7.17. The molecule has 6 heteroatoms. The first-order valence-electron chi connectivity index (χ1n) is 7.34. The molecule has 2 N–H and O–H groups in total. The number of nitrogens with two attached hydrogens (primary N) is 1. The fourth-order valence-electron chi connectivity index (χ4n) is 2.61. The van der Waals surface area contributed by atoms with Gasteiger partial charge in [-0.05, 0) is 29.3 Å². The summed E-state index contributed by atoms with van der Waals surface area (Å²) in [5.74, 6) is -1.72. The van der Waals surface area contributed by atoms with E-state index in [2.05, 4.69) is 0 Å². The van der Waals surface area contributed by atoms with Gasteiger partial charge >= 0.3 is 0 Å². The van der Waals surface area contributed by atoms with E-state index in [1.807, 2.05) is 30.3 Å². The second-order valence-corrected chi connectivity index (χ2v) is 7.07. The van der Waals surface area contributed by atoms with E-state index in [0.717, 1.165) is 5.56 Å². The van der Waals surface area contributed by atoms with Gasteiger partial charge in [-0.15, -0.1) is 11.3 Å². The molecule has 0 aliphatic heterocycles. The summed E-state index contributed by atoms with van der Waals surface area (Å²) >= 11 is 7.55. The number of halogens is 2. The number of carbonyl (C=O) groups is 1. The monoisotopic (exact) mass is 370 g/mol. The van der Waals surface area contributed by atoms with Crippen LogP contribution < -0.4 is 5.73 Å². The standard InChI is InChI=1S/C19H12ClFN2OS/c20-18-14(12-6-7-13(10-22)15(21)8-12)9-16(25-18)17(19(23)24)11-4-2-1-3-5-11/h1-9,17H,(H2,23,24). The van der Waals surface area contributed by atoms with Gasteiger partial charge in [-0.2, -0.15) is 5.26 Å². The minimum Gasteiger partial charge on any atom is -0.369 e. The van der Waals surface area contributed by atoms with Crippen LogP contribution in [0.1, 0.15) is 21.9 Å². The van der Waals surface area contributed by atoms with E-state index in [-0.39, 0.29) is 5.56 Å². The van der Waals surface area contributed by atoms with E-state index in [1.54, 1.807) is 18.2 Å². The van der Waals surface area contributed by atoms with Crippen molar-refractivity contribution < 1.29 is 9.18 Å². The third-order valence-corrected chi connectivity index (χ3v) is 5.23. The van der Waals surface area contributed by atoms with Gasteiger partial charge in [-0.3, -0.25) is 4.79 Å². The maximum absolute atomic E-state index is 13.9. The molecular weight excluding hydrogens is 359 g/mol. The highest BCUT2D eigenvalue weighted by atomic mass is 35.5. The zero-order valence-electron chi connectivity index (χ0n) is 12.9. The van der Waals surface area contributed by atoms with Gasteiger partial charge in [-0.25, -0.2) is 4.39 Å². The summed E-state index contributed by atoms with van der Waals surface area (Å²) in [4.78, 5) is 12.7. The molecule has 0 saturated carbocycles. The molecule has 0 fully saturated rings. The molecule has 0 aliphatic rings. The summed E-state index contributed by atoms with van der Waals surface area (Å²) in [6.45, 7) is 0. The van der Waals surface area contributed by atoms with Crippen molar-refractivity contribution in [2.45, 2.75) is 5.92 Å². The highest BCUT2D eigenvalue weighted by Crippen LogP contribution is 2.41. The van der Waals surface area contributed by atoms with E-state index in [0.29, 0.717) is 20.3 Å². The summed E-state index contributed by atoms with van der Waals surface area (Å²) in [6.07, 6.45) is 0. The summed E-state index contributed by atoms with van der Waals surface area (Å²) in [7, 11) is 0. The zero-order chi connectivity index (χ0) is 18.0. The summed E-state index contributed by atoms with van der Waals surface area (Å²) in [6, 6.07) is 17.0. The van der Waals surface area contributed by atoms with Crippen molar-refractivity contribution in [3.05, 3.63) is 80.8 Å². The molecule has 3 nitrogen and oxygen atoms in total. The zero-order valence-corrected chi connectivity index (χ0v) is 14.4. The average Bonchev–Trinajstić information content (AvgIpc) is 2.96. The van der Waals surface area contributed by atoms with E-state index in [9.17, 15) is 9.18 Å². The molecule has 1 atom stereocenters. The Bertz CT molecular complexity index is 979. The maximum atomic E-state index is 13.9. The minimum absolute atomic E-state index is 0.0328. The van der Waals surface area contributed by atoms with E-state index in [1.165, 1.54) is 23.5 Å². The predicted octanol–water partition coefficient (Wildman–Crippen LogP) is 4.70. The lowest BCUT2D eigenvalue weighted by atomic mass is 9.95. The Kier molecular flexibility index (Phi) is 4.84. The van der Waals surface area contributed by atoms with Crippen LogP contribution in [0.3, 0.4) is 0 Å². The molecule has 0 radical (unpaired) electrons. The lowest BCUT2D eigenvalue weighted by Crippen LogP contribution is -2.21. The number of rotatable bonds is 4. The molecule has 25 heavy (non-hydrogen) atoms. The van der Waals surface area contributed by atoms with Gasteiger partial charge in [0, 0.05) is 10.4 Å². The lowest BCUT2D eigenvalue weighted by molar-refractivity contribution is -0.118. The van der Waals surface area contributed by atoms with Gasteiger partial charge in [0.25, 0.3) is 0 Å². The van der Waals surface area contributed by atoms with Crippen LogP contribution in [0, 0.1) is 17.1 Å². The smallest absolute Gasteiger partial charge is 0.230 e. The third kappa shape index (κ3) is 3.41. The molecule has 2 aromatic carbocycles. The maximum Gasteiger partial charge on any atom is 0.230 e. The Labute approximate surface area is 153 Å². The van der Waals surface area contributed by atoms with Crippen molar-refractivity contribution in [1.82, 2.24) is 0 Å². The van der Waals surface area contributed by atoms with Crippen LogP contribution in [0.25, 0.3) is 11.1 Å². The van der Waals surface area contributed by atoms with Gasteiger partial charge in [-0.1, -0.05) is 48.0 Å². The second kappa shape index (κ2) is 7.06. The van der Waals surface area contributed by atoms with Crippen molar-refractivity contribution >= 4 is 28.8 Å². The third-order valence-electron chi connectivity index (χ3n) is 3.81. The predicted molar refractivity (Wildman–Crippen MR) is 96.9 cm³/mol. The SMILES string of the molecule is N#Cc1ccc(-c2cc(C(C(N)=O)c3ccccc3)sc2Cl)cc1F. The molecule has 0 spiro atoms. The van der Waals surface area contributed by atoms with E-state index < -0.39 is 17.6 Å². The van der Waals surface area contributed by atoms with Crippen molar-refractivity contribution in [1.29, 1.82) is 5.26 Å². The van der Waals surface area contributed by atoms with E-state index in [4.69, 9.17) is 22.6 Å². The topological polar surface area (TPSA) is 66.9 Å². The summed E-state index contributed by atoms with van der Waals surface area (Å²) in [5, 5.41) is 8.83. The molecule has 1 aromatic heterocycles. The number of nitriles is 1. The van der Waals surface area contributed by atoms with E-state index >= 15 is 0 Å². The molecule has 3 aromatic rings. The van der Waals surface area contributed by atoms with Crippen LogP contribution in [-0.4, -0.2) is 5.91 Å². The first-order chi connectivity index (χ1) is 12.0. The fourth-order valence-corrected chi connectivity index (χ4v) is 4.08. The Morgan fingerprint density at radius 2 is 1.92 bits per heavy atom. The highest BCUT2D eigenvalue weighted by Gasteiger charge is 2.24. The Balaban J connectivity index is 2.06. The van der Waals surface area contributed by atoms with Crippen LogP contribution in [0.4, 0.5) is 4.39 Å². The Hall–Kier alpha value is -2.68. The van der Waals surface area contributed by atoms with Crippen LogP contribution in [0.2, 0.25) is 4.34 Å². The number of carbonyl (C=O) groups excluding carboxylic acids is 1. The summed E-state index contributed by atoms with van der Waals surface area (Å²) in [5.41, 5.74) is 7.47. The lowest BCUT2D eigenvalue weighted by Gasteiger charge is -2.11. The van der Waals surface area contributed by atoms with Gasteiger partial charge in [0.15, 0.2) is 0 Å². The first kappa shape index (κ1) is 17.2. The van der Waals surface area contributed by atoms with Crippen molar-refractivity contribution in [2.24, 2.45) is 5.73 Å². The van der Waals surface area contributed by atoms with Crippen LogP contribution in [0.5, 0.6) is 0 Å². The number of hydrogen-bond acceptors (Lipinski definition) is 3. The molecule has 0 saturated heterocycles. The minimum atomic E-state index is -0.624. The summed E-state index contributed by atoms with van der Waals surface area (Å²) < 4.78 is 14.3. The Morgan fingerprint density at radius 1 is 1.20 bits per heavy atom. The molecule has 0 bridgehead atoms. The molecular formula is C19H12ClFN2OS. The first-order valence-corrected chi connectivity index (χ1v) is 8.54. The molecule has 1 unspecified atom stereocenters. The second-order valence-electron chi connectivity index (χ2n) is 5.39. The van der Waals surface area contributed by atoms with Crippen molar-refractivity contribution in [3.8, 4) is 17.2 Å². The normalized spacial score (nSPS) is 11.7. The number of hydrogen-bond donors (Lipinski definition) is 1. The number of thiophene rings is 1. The van der Waals surface area contributed by atoms with Crippen LogP contribution in [0.15, 0.2) is 54.6 Å². The fraction of sp³-hybridized carbons (Fsp3) is 0.0526. The molecule has 3 rings (SSSR count). The van der Waals surface area contributed by atoms with Gasteiger partial charge in [0.2, 0.25) is 5.91 Å². The number of amides is 1. The quantitative estimate of drug-likeness (QED) is 0.723. The molecule has 0 aliphatic carbocycles. The van der Waals surface area contributed by atoms with Gasteiger partial charge in [0.1, 0.15) is 16.2 Å². The average molecular weight is 371 g/mol. The van der Waals surface area contributed by atoms with Gasteiger partial charge in [0.05, 0.1) is 11.5 Å². The molecule has 1 heterocycles. The molecule has 1 amide bonds. The van der Waals surface area contributed by atoms with Crippen LogP contribution >= 0.6 is 22.9 Å². The molecule has 124 valence electrons. The van der Waals surface area contributed by atoms with Crippen molar-refractivity contribution in [3.63, 3.8) is 0 Å². The number of benzene rings is 2. The number of nitrogens with zero attached hydrogens (tertiary/aromatic N) is 1.